The number of thioether (sulfide) groups is 1. The van der Waals surface area contributed by atoms with E-state index < -0.39 is 0 Å². The molecule has 0 spiro atoms. The number of anilines is 1. The van der Waals surface area contributed by atoms with E-state index in [9.17, 15) is 9.59 Å². The Morgan fingerprint density at radius 3 is 2.16 bits per heavy atom. The second kappa shape index (κ2) is 9.28. The lowest BCUT2D eigenvalue weighted by Gasteiger charge is -2.20. The van der Waals surface area contributed by atoms with Crippen molar-refractivity contribution < 1.29 is 9.59 Å². The largest absolute Gasteiger partial charge is 0.339 e. The summed E-state index contributed by atoms with van der Waals surface area (Å²) < 4.78 is 0. The van der Waals surface area contributed by atoms with Crippen LogP contribution in [0.3, 0.4) is 0 Å². The van der Waals surface area contributed by atoms with Gasteiger partial charge in [-0.2, -0.15) is 0 Å². The first kappa shape index (κ1) is 19.1. The standard InChI is InChI=1S/C20H24N2O2S/c1-4-22(5-2)20(24)15-11-7-9-13-17(15)21-19(23)16-12-8-10-14-18(16)25-6-3/h7-14H,4-6H2,1-3H3,(H,21,23). The van der Waals surface area contributed by atoms with Crippen molar-refractivity contribution in [1.29, 1.82) is 0 Å². The molecule has 2 amide bonds. The number of nitrogens with zero attached hydrogens (tertiary/aromatic N) is 1. The maximum Gasteiger partial charge on any atom is 0.256 e. The van der Waals surface area contributed by atoms with Crippen molar-refractivity contribution in [2.45, 2.75) is 25.7 Å². The summed E-state index contributed by atoms with van der Waals surface area (Å²) in [7, 11) is 0. The van der Waals surface area contributed by atoms with E-state index >= 15 is 0 Å². The van der Waals surface area contributed by atoms with Gasteiger partial charge < -0.3 is 10.2 Å². The molecule has 0 heterocycles. The first-order chi connectivity index (χ1) is 12.1. The molecule has 132 valence electrons. The Balaban J connectivity index is 2.29. The van der Waals surface area contributed by atoms with Crippen LogP contribution in [0.2, 0.25) is 0 Å². The van der Waals surface area contributed by atoms with Crippen LogP contribution in [0.4, 0.5) is 5.69 Å². The van der Waals surface area contributed by atoms with Gasteiger partial charge in [0.25, 0.3) is 11.8 Å². The smallest absolute Gasteiger partial charge is 0.256 e. The van der Waals surface area contributed by atoms with Gasteiger partial charge in [0, 0.05) is 18.0 Å². The minimum absolute atomic E-state index is 0.0721. The van der Waals surface area contributed by atoms with Crippen LogP contribution in [0.15, 0.2) is 53.4 Å². The van der Waals surface area contributed by atoms with E-state index in [0.29, 0.717) is 29.9 Å². The van der Waals surface area contributed by atoms with E-state index in [2.05, 4.69) is 12.2 Å². The lowest BCUT2D eigenvalue weighted by molar-refractivity contribution is 0.0774. The molecule has 2 rings (SSSR count). The van der Waals surface area contributed by atoms with Crippen molar-refractivity contribution in [2.24, 2.45) is 0 Å². The van der Waals surface area contributed by atoms with Gasteiger partial charge in [-0.3, -0.25) is 9.59 Å². The predicted molar refractivity (Wildman–Crippen MR) is 104 cm³/mol. The Morgan fingerprint density at radius 1 is 0.920 bits per heavy atom. The third kappa shape index (κ3) is 4.63. The molecule has 25 heavy (non-hydrogen) atoms. The molecule has 4 nitrogen and oxygen atoms in total. The highest BCUT2D eigenvalue weighted by Gasteiger charge is 2.18. The van der Waals surface area contributed by atoms with Crippen molar-refractivity contribution in [2.75, 3.05) is 24.2 Å². The van der Waals surface area contributed by atoms with E-state index in [1.807, 2.05) is 50.2 Å². The molecule has 0 aliphatic rings. The van der Waals surface area contributed by atoms with Crippen molar-refractivity contribution in [3.05, 3.63) is 59.7 Å². The van der Waals surface area contributed by atoms with Crippen LogP contribution in [0, 0.1) is 0 Å². The number of carbonyl (C=O) groups is 2. The van der Waals surface area contributed by atoms with Gasteiger partial charge in [0.1, 0.15) is 0 Å². The van der Waals surface area contributed by atoms with E-state index in [4.69, 9.17) is 0 Å². The number of hydrogen-bond donors (Lipinski definition) is 1. The molecule has 0 atom stereocenters. The van der Waals surface area contributed by atoms with Crippen LogP contribution < -0.4 is 5.32 Å². The molecule has 5 heteroatoms. The average Bonchev–Trinajstić information content (AvgIpc) is 2.63. The molecular formula is C20H24N2O2S. The summed E-state index contributed by atoms with van der Waals surface area (Å²) in [6.45, 7) is 7.21. The molecule has 0 fully saturated rings. The number of amides is 2. The number of para-hydroxylation sites is 1. The van der Waals surface area contributed by atoms with Crippen molar-refractivity contribution in [1.82, 2.24) is 4.90 Å². The van der Waals surface area contributed by atoms with Gasteiger partial charge in [0.05, 0.1) is 16.8 Å². The zero-order valence-corrected chi connectivity index (χ0v) is 15.7. The fourth-order valence-electron chi connectivity index (χ4n) is 2.59. The summed E-state index contributed by atoms with van der Waals surface area (Å²) in [5, 5.41) is 2.91. The Kier molecular flexibility index (Phi) is 7.07. The second-order valence-electron chi connectivity index (χ2n) is 5.41. The third-order valence-electron chi connectivity index (χ3n) is 3.89. The summed E-state index contributed by atoms with van der Waals surface area (Å²) in [6, 6.07) is 14.7. The van der Waals surface area contributed by atoms with Crippen LogP contribution in [0.1, 0.15) is 41.5 Å². The van der Waals surface area contributed by atoms with E-state index in [-0.39, 0.29) is 11.8 Å². The maximum atomic E-state index is 12.7. The van der Waals surface area contributed by atoms with Gasteiger partial charge in [0.15, 0.2) is 0 Å². The normalized spacial score (nSPS) is 10.4. The zero-order chi connectivity index (χ0) is 18.2. The van der Waals surface area contributed by atoms with Gasteiger partial charge >= 0.3 is 0 Å². The number of benzene rings is 2. The second-order valence-corrected chi connectivity index (χ2v) is 6.71. The number of nitrogens with one attached hydrogen (secondary N) is 1. The Morgan fingerprint density at radius 2 is 1.52 bits per heavy atom. The molecule has 0 unspecified atom stereocenters. The molecular weight excluding hydrogens is 332 g/mol. The lowest BCUT2D eigenvalue weighted by atomic mass is 10.1. The molecule has 0 aliphatic heterocycles. The van der Waals surface area contributed by atoms with E-state index in [1.54, 1.807) is 28.8 Å². The summed E-state index contributed by atoms with van der Waals surface area (Å²) >= 11 is 1.63. The summed E-state index contributed by atoms with van der Waals surface area (Å²) in [4.78, 5) is 28.1. The molecule has 0 aromatic heterocycles. The van der Waals surface area contributed by atoms with Crippen LogP contribution in [0.5, 0.6) is 0 Å². The summed E-state index contributed by atoms with van der Waals surface area (Å²) in [6.07, 6.45) is 0. The van der Waals surface area contributed by atoms with Crippen LogP contribution in [0.25, 0.3) is 0 Å². The van der Waals surface area contributed by atoms with E-state index in [1.165, 1.54) is 0 Å². The number of rotatable bonds is 7. The quantitative estimate of drug-likeness (QED) is 0.741. The minimum Gasteiger partial charge on any atom is -0.339 e. The van der Waals surface area contributed by atoms with Crippen molar-refractivity contribution in [3.63, 3.8) is 0 Å². The van der Waals surface area contributed by atoms with Gasteiger partial charge in [-0.25, -0.2) is 0 Å². The highest BCUT2D eigenvalue weighted by molar-refractivity contribution is 7.99. The molecule has 2 aromatic rings. The lowest BCUT2D eigenvalue weighted by Crippen LogP contribution is -2.31. The highest BCUT2D eigenvalue weighted by atomic mass is 32.2. The first-order valence-corrected chi connectivity index (χ1v) is 9.52. The molecule has 0 saturated carbocycles. The van der Waals surface area contributed by atoms with Gasteiger partial charge in [-0.1, -0.05) is 31.2 Å². The minimum atomic E-state index is -0.198. The average molecular weight is 356 g/mol. The summed E-state index contributed by atoms with van der Waals surface area (Å²) in [5.74, 6) is 0.620. The molecule has 0 radical (unpaired) electrons. The maximum absolute atomic E-state index is 12.7. The van der Waals surface area contributed by atoms with Gasteiger partial charge in [0.2, 0.25) is 0 Å². The number of carbonyl (C=O) groups excluding carboxylic acids is 2. The van der Waals surface area contributed by atoms with Gasteiger partial charge in [-0.05, 0) is 43.9 Å². The van der Waals surface area contributed by atoms with Crippen molar-refractivity contribution in [3.8, 4) is 0 Å². The topological polar surface area (TPSA) is 49.4 Å². The molecule has 0 saturated heterocycles. The van der Waals surface area contributed by atoms with Crippen molar-refractivity contribution >= 4 is 29.3 Å². The SMILES string of the molecule is CCSc1ccccc1C(=O)Nc1ccccc1C(=O)N(CC)CC. The third-order valence-corrected chi connectivity index (χ3v) is 4.84. The van der Waals surface area contributed by atoms with Crippen LogP contribution in [-0.4, -0.2) is 35.6 Å². The Labute approximate surface area is 153 Å². The summed E-state index contributed by atoms with van der Waals surface area (Å²) in [5.41, 5.74) is 1.68. The first-order valence-electron chi connectivity index (χ1n) is 8.53. The molecule has 1 N–H and O–H groups in total. The fraction of sp³-hybridized carbons (Fsp3) is 0.300. The zero-order valence-electron chi connectivity index (χ0n) is 14.9. The van der Waals surface area contributed by atoms with E-state index in [0.717, 1.165) is 10.6 Å². The molecule has 2 aromatic carbocycles. The Bertz CT molecular complexity index is 742. The Hall–Kier alpha value is -2.27. The van der Waals surface area contributed by atoms with Crippen LogP contribution in [-0.2, 0) is 0 Å². The monoisotopic (exact) mass is 356 g/mol. The van der Waals surface area contributed by atoms with Crippen LogP contribution >= 0.6 is 11.8 Å². The van der Waals surface area contributed by atoms with Gasteiger partial charge in [-0.15, -0.1) is 11.8 Å². The molecule has 0 bridgehead atoms. The fourth-order valence-corrected chi connectivity index (χ4v) is 3.39. The highest BCUT2D eigenvalue weighted by Crippen LogP contribution is 2.24. The molecule has 0 aliphatic carbocycles. The predicted octanol–water partition coefficient (Wildman–Crippen LogP) is 4.53. The number of hydrogen-bond acceptors (Lipinski definition) is 3.